The largest absolute Gasteiger partial charge is 0.272 e. The first-order chi connectivity index (χ1) is 15.6. The van der Waals surface area contributed by atoms with Crippen molar-refractivity contribution < 1.29 is 4.79 Å². The Kier molecular flexibility index (Phi) is 7.36. The van der Waals surface area contributed by atoms with Crippen molar-refractivity contribution in [3.63, 3.8) is 0 Å². The predicted octanol–water partition coefficient (Wildman–Crippen LogP) is 5.59. The molecule has 32 heavy (non-hydrogen) atoms. The highest BCUT2D eigenvalue weighted by molar-refractivity contribution is 9.10. The van der Waals surface area contributed by atoms with Crippen molar-refractivity contribution in [3.8, 4) is 17.1 Å². The normalized spacial score (nSPS) is 11.1. The molecule has 0 saturated carbocycles. The number of thioether (sulfide) groups is 1. The van der Waals surface area contributed by atoms with Crippen molar-refractivity contribution in [1.82, 2.24) is 20.2 Å². The van der Waals surface area contributed by atoms with E-state index in [1.54, 1.807) is 18.3 Å². The Balaban J connectivity index is 1.49. The zero-order valence-electron chi connectivity index (χ0n) is 16.7. The van der Waals surface area contributed by atoms with E-state index in [-0.39, 0.29) is 11.7 Å². The lowest BCUT2D eigenvalue weighted by molar-refractivity contribution is -0.118. The van der Waals surface area contributed by atoms with E-state index in [1.165, 1.54) is 11.8 Å². The molecule has 3 aromatic carbocycles. The summed E-state index contributed by atoms with van der Waals surface area (Å²) >= 11 is 10.7. The van der Waals surface area contributed by atoms with Gasteiger partial charge in [0.2, 0.25) is 0 Å². The third kappa shape index (κ3) is 5.64. The van der Waals surface area contributed by atoms with Crippen LogP contribution in [0.4, 0.5) is 0 Å². The van der Waals surface area contributed by atoms with Crippen LogP contribution in [0.15, 0.2) is 93.6 Å². The zero-order chi connectivity index (χ0) is 22.3. The minimum Gasteiger partial charge on any atom is -0.272 e. The Morgan fingerprint density at radius 1 is 1.06 bits per heavy atom. The molecule has 1 aromatic heterocycles. The summed E-state index contributed by atoms with van der Waals surface area (Å²) < 4.78 is 2.92. The molecular weight excluding hydrogens is 510 g/mol. The van der Waals surface area contributed by atoms with Crippen LogP contribution in [0, 0.1) is 0 Å². The van der Waals surface area contributed by atoms with Crippen LogP contribution in [0.5, 0.6) is 0 Å². The Morgan fingerprint density at radius 3 is 2.59 bits per heavy atom. The minimum atomic E-state index is -0.249. The van der Waals surface area contributed by atoms with Gasteiger partial charge in [-0.25, -0.2) is 5.43 Å². The SMILES string of the molecule is O=C(CSc1nnc(-c2ccc(Br)cc2)n1-c1ccccc1)N/N=C\c1cccc(Cl)c1. The van der Waals surface area contributed by atoms with Gasteiger partial charge in [-0.15, -0.1) is 10.2 Å². The number of amides is 1. The van der Waals surface area contributed by atoms with Crippen LogP contribution in [-0.4, -0.2) is 32.6 Å². The molecule has 0 saturated heterocycles. The summed E-state index contributed by atoms with van der Waals surface area (Å²) in [5.74, 6) is 0.588. The number of carbonyl (C=O) groups excluding carboxylic acids is 1. The number of benzene rings is 3. The Morgan fingerprint density at radius 2 is 1.84 bits per heavy atom. The van der Waals surface area contributed by atoms with E-state index >= 15 is 0 Å². The Hall–Kier alpha value is -2.94. The lowest BCUT2D eigenvalue weighted by Crippen LogP contribution is -2.20. The first kappa shape index (κ1) is 22.3. The standard InChI is InChI=1S/C23H17BrClN5OS/c24-18-11-9-17(10-12-18)22-28-29-23(30(22)20-7-2-1-3-8-20)32-15-21(31)27-26-14-16-5-4-6-19(25)13-16/h1-14H,15H2,(H,27,31)/b26-14-. The highest BCUT2D eigenvalue weighted by Gasteiger charge is 2.17. The van der Waals surface area contributed by atoms with E-state index in [4.69, 9.17) is 11.6 Å². The van der Waals surface area contributed by atoms with Gasteiger partial charge in [-0.05, 0) is 42.0 Å². The summed E-state index contributed by atoms with van der Waals surface area (Å²) in [6.07, 6.45) is 1.55. The van der Waals surface area contributed by atoms with Gasteiger partial charge in [-0.2, -0.15) is 5.10 Å². The molecule has 0 aliphatic heterocycles. The zero-order valence-corrected chi connectivity index (χ0v) is 19.8. The summed E-state index contributed by atoms with van der Waals surface area (Å²) in [4.78, 5) is 12.3. The lowest BCUT2D eigenvalue weighted by atomic mass is 10.2. The van der Waals surface area contributed by atoms with Gasteiger partial charge in [0.25, 0.3) is 5.91 Å². The molecular formula is C23H17BrClN5OS. The van der Waals surface area contributed by atoms with E-state index in [0.29, 0.717) is 16.0 Å². The quantitative estimate of drug-likeness (QED) is 0.193. The molecule has 0 radical (unpaired) electrons. The molecule has 0 aliphatic carbocycles. The maximum atomic E-state index is 12.3. The van der Waals surface area contributed by atoms with Gasteiger partial charge in [0, 0.05) is 20.7 Å². The van der Waals surface area contributed by atoms with Crippen molar-refractivity contribution in [3.05, 3.63) is 93.9 Å². The van der Waals surface area contributed by atoms with Crippen LogP contribution >= 0.6 is 39.3 Å². The summed E-state index contributed by atoms with van der Waals surface area (Å²) in [5.41, 5.74) is 5.17. The monoisotopic (exact) mass is 525 g/mol. The van der Waals surface area contributed by atoms with E-state index in [2.05, 4.69) is 36.7 Å². The van der Waals surface area contributed by atoms with Gasteiger partial charge >= 0.3 is 0 Å². The van der Waals surface area contributed by atoms with Crippen LogP contribution in [0.25, 0.3) is 17.1 Å². The van der Waals surface area contributed by atoms with Crippen LogP contribution in [0.1, 0.15) is 5.56 Å². The minimum absolute atomic E-state index is 0.137. The number of carbonyl (C=O) groups is 1. The second kappa shape index (κ2) is 10.6. The Labute approximate surface area is 202 Å². The number of halogens is 2. The summed E-state index contributed by atoms with van der Waals surface area (Å²) in [6.45, 7) is 0. The third-order valence-electron chi connectivity index (χ3n) is 4.33. The molecule has 0 unspecified atom stereocenters. The molecule has 0 bridgehead atoms. The van der Waals surface area contributed by atoms with Crippen LogP contribution in [0.3, 0.4) is 0 Å². The molecule has 6 nitrogen and oxygen atoms in total. The highest BCUT2D eigenvalue weighted by Crippen LogP contribution is 2.28. The molecule has 160 valence electrons. The summed E-state index contributed by atoms with van der Waals surface area (Å²) in [6, 6.07) is 24.9. The van der Waals surface area contributed by atoms with E-state index in [0.717, 1.165) is 21.3 Å². The average molecular weight is 527 g/mol. The third-order valence-corrected chi connectivity index (χ3v) is 6.03. The molecule has 1 N–H and O–H groups in total. The van der Waals surface area contributed by atoms with E-state index in [1.807, 2.05) is 71.3 Å². The van der Waals surface area contributed by atoms with Crippen molar-refractivity contribution in [2.24, 2.45) is 5.10 Å². The Bertz CT molecular complexity index is 1240. The van der Waals surface area contributed by atoms with Gasteiger partial charge < -0.3 is 0 Å². The maximum absolute atomic E-state index is 12.3. The number of hydrogen-bond acceptors (Lipinski definition) is 5. The summed E-state index contributed by atoms with van der Waals surface area (Å²) in [7, 11) is 0. The first-order valence-electron chi connectivity index (χ1n) is 9.57. The second-order valence-corrected chi connectivity index (χ2v) is 8.92. The van der Waals surface area contributed by atoms with Gasteiger partial charge in [0.1, 0.15) is 0 Å². The molecule has 0 aliphatic rings. The smallest absolute Gasteiger partial charge is 0.250 e. The molecule has 0 fully saturated rings. The molecule has 1 heterocycles. The number of hydrogen-bond donors (Lipinski definition) is 1. The fourth-order valence-electron chi connectivity index (χ4n) is 2.89. The molecule has 9 heteroatoms. The van der Waals surface area contributed by atoms with Crippen molar-refractivity contribution in [1.29, 1.82) is 0 Å². The maximum Gasteiger partial charge on any atom is 0.250 e. The fourth-order valence-corrected chi connectivity index (χ4v) is 4.09. The predicted molar refractivity (Wildman–Crippen MR) is 132 cm³/mol. The number of para-hydroxylation sites is 1. The molecule has 0 atom stereocenters. The van der Waals surface area contributed by atoms with Gasteiger partial charge in [-0.3, -0.25) is 9.36 Å². The molecule has 4 rings (SSSR count). The van der Waals surface area contributed by atoms with Crippen LogP contribution in [-0.2, 0) is 4.79 Å². The van der Waals surface area contributed by atoms with Gasteiger partial charge in [0.15, 0.2) is 11.0 Å². The first-order valence-corrected chi connectivity index (χ1v) is 11.7. The van der Waals surface area contributed by atoms with Gasteiger partial charge in [-0.1, -0.05) is 81.8 Å². The van der Waals surface area contributed by atoms with Crippen LogP contribution < -0.4 is 5.43 Å². The van der Waals surface area contributed by atoms with Crippen LogP contribution in [0.2, 0.25) is 5.02 Å². The highest BCUT2D eigenvalue weighted by atomic mass is 79.9. The summed E-state index contributed by atoms with van der Waals surface area (Å²) in [5, 5.41) is 13.9. The fraction of sp³-hybridized carbons (Fsp3) is 0.0435. The number of hydrazone groups is 1. The van der Waals surface area contributed by atoms with E-state index in [9.17, 15) is 4.79 Å². The van der Waals surface area contributed by atoms with E-state index < -0.39 is 0 Å². The molecule has 4 aromatic rings. The molecule has 0 spiro atoms. The van der Waals surface area contributed by atoms with Gasteiger partial charge in [0.05, 0.1) is 12.0 Å². The number of nitrogens with zero attached hydrogens (tertiary/aromatic N) is 4. The average Bonchev–Trinajstić information content (AvgIpc) is 3.23. The lowest BCUT2D eigenvalue weighted by Gasteiger charge is -2.10. The number of nitrogens with one attached hydrogen (secondary N) is 1. The number of rotatable bonds is 7. The second-order valence-electron chi connectivity index (χ2n) is 6.62. The van der Waals surface area contributed by atoms with Crippen molar-refractivity contribution in [2.45, 2.75) is 5.16 Å². The molecule has 1 amide bonds. The number of aromatic nitrogens is 3. The topological polar surface area (TPSA) is 72.2 Å². The van der Waals surface area contributed by atoms with Crippen molar-refractivity contribution in [2.75, 3.05) is 5.75 Å². The van der Waals surface area contributed by atoms with Crippen molar-refractivity contribution >= 4 is 51.4 Å².